The predicted octanol–water partition coefficient (Wildman–Crippen LogP) is 1.60. The smallest absolute Gasteiger partial charge is 0.119 e. The van der Waals surface area contributed by atoms with Gasteiger partial charge in [0.2, 0.25) is 0 Å². The zero-order valence-electron chi connectivity index (χ0n) is 12.7. The lowest BCUT2D eigenvalue weighted by Gasteiger charge is -2.22. The molecule has 2 atom stereocenters. The van der Waals surface area contributed by atoms with Crippen molar-refractivity contribution in [2.75, 3.05) is 19.8 Å². The van der Waals surface area contributed by atoms with Crippen LogP contribution in [-0.4, -0.2) is 42.1 Å². The Hall–Kier alpha value is -1.10. The van der Waals surface area contributed by atoms with Crippen molar-refractivity contribution in [3.05, 3.63) is 29.8 Å². The van der Waals surface area contributed by atoms with E-state index in [1.807, 2.05) is 38.1 Å². The zero-order valence-corrected chi connectivity index (χ0v) is 12.7. The number of benzene rings is 1. The van der Waals surface area contributed by atoms with Gasteiger partial charge >= 0.3 is 0 Å². The first-order chi connectivity index (χ1) is 9.56. The van der Waals surface area contributed by atoms with Crippen LogP contribution in [-0.2, 0) is 6.42 Å². The molecule has 1 aromatic rings. The minimum Gasteiger partial charge on any atom is -0.491 e. The molecule has 0 radical (unpaired) electrons. The Labute approximate surface area is 121 Å². The van der Waals surface area contributed by atoms with Gasteiger partial charge in [-0.15, -0.1) is 0 Å². The Bertz CT molecular complexity index is 364. The molecule has 2 unspecified atom stereocenters. The first kappa shape index (κ1) is 17.0. The molecule has 0 heterocycles. The lowest BCUT2D eigenvalue weighted by Crippen LogP contribution is -2.42. The number of nitrogens with one attached hydrogen (secondary N) is 1. The summed E-state index contributed by atoms with van der Waals surface area (Å²) in [5.74, 6) is 1.10. The first-order valence-electron chi connectivity index (χ1n) is 7.30. The van der Waals surface area contributed by atoms with E-state index in [0.717, 1.165) is 12.2 Å². The maximum atomic E-state index is 9.87. The molecule has 4 heteroatoms. The predicted molar refractivity (Wildman–Crippen MR) is 81.0 cm³/mol. The Morgan fingerprint density at radius 2 is 1.85 bits per heavy atom. The van der Waals surface area contributed by atoms with Gasteiger partial charge in [0.05, 0.1) is 6.61 Å². The van der Waals surface area contributed by atoms with E-state index in [4.69, 9.17) is 4.74 Å². The number of aliphatic hydroxyl groups is 2. The number of aliphatic hydroxyl groups excluding tert-OH is 2. The molecule has 114 valence electrons. The van der Waals surface area contributed by atoms with Gasteiger partial charge in [-0.1, -0.05) is 32.9 Å². The first-order valence-corrected chi connectivity index (χ1v) is 7.30. The SMILES string of the molecule is CCc1ccc(OCC(O)CNC(CO)C(C)C)cc1. The molecule has 20 heavy (non-hydrogen) atoms. The highest BCUT2D eigenvalue weighted by molar-refractivity contribution is 5.27. The molecule has 0 aliphatic carbocycles. The van der Waals surface area contributed by atoms with E-state index in [1.54, 1.807) is 0 Å². The van der Waals surface area contributed by atoms with Crippen molar-refractivity contribution < 1.29 is 14.9 Å². The topological polar surface area (TPSA) is 61.7 Å². The molecule has 4 nitrogen and oxygen atoms in total. The van der Waals surface area contributed by atoms with Crippen molar-refractivity contribution in [2.24, 2.45) is 5.92 Å². The van der Waals surface area contributed by atoms with E-state index >= 15 is 0 Å². The molecule has 0 bridgehead atoms. The normalized spacial score (nSPS) is 14.3. The van der Waals surface area contributed by atoms with Crippen LogP contribution in [0, 0.1) is 5.92 Å². The van der Waals surface area contributed by atoms with E-state index in [9.17, 15) is 10.2 Å². The van der Waals surface area contributed by atoms with Crippen LogP contribution in [0.5, 0.6) is 5.75 Å². The van der Waals surface area contributed by atoms with Crippen LogP contribution >= 0.6 is 0 Å². The molecule has 0 saturated carbocycles. The zero-order chi connectivity index (χ0) is 15.0. The molecule has 0 amide bonds. The van der Waals surface area contributed by atoms with Gasteiger partial charge in [-0.05, 0) is 30.0 Å². The van der Waals surface area contributed by atoms with Crippen molar-refractivity contribution in [1.29, 1.82) is 0 Å². The fraction of sp³-hybridized carbons (Fsp3) is 0.625. The molecule has 0 aliphatic heterocycles. The van der Waals surface area contributed by atoms with Crippen molar-refractivity contribution >= 4 is 0 Å². The third-order valence-electron chi connectivity index (χ3n) is 3.39. The summed E-state index contributed by atoms with van der Waals surface area (Å²) >= 11 is 0. The number of hydrogen-bond acceptors (Lipinski definition) is 4. The third kappa shape index (κ3) is 5.90. The Morgan fingerprint density at radius 1 is 1.20 bits per heavy atom. The van der Waals surface area contributed by atoms with E-state index in [-0.39, 0.29) is 19.3 Å². The van der Waals surface area contributed by atoms with E-state index in [0.29, 0.717) is 12.5 Å². The van der Waals surface area contributed by atoms with Crippen molar-refractivity contribution in [3.8, 4) is 5.75 Å². The average Bonchev–Trinajstić information content (AvgIpc) is 2.46. The van der Waals surface area contributed by atoms with Gasteiger partial charge in [-0.3, -0.25) is 0 Å². The Morgan fingerprint density at radius 3 is 2.35 bits per heavy atom. The number of rotatable bonds is 9. The number of aryl methyl sites for hydroxylation is 1. The quantitative estimate of drug-likeness (QED) is 0.643. The fourth-order valence-corrected chi connectivity index (χ4v) is 1.87. The minimum atomic E-state index is -0.589. The standard InChI is InChI=1S/C16H27NO3/c1-4-13-5-7-15(8-6-13)20-11-14(19)9-17-16(10-18)12(2)3/h5-8,12,14,16-19H,4,9-11H2,1-3H3. The fourth-order valence-electron chi connectivity index (χ4n) is 1.87. The molecular weight excluding hydrogens is 254 g/mol. The minimum absolute atomic E-state index is 0.00786. The van der Waals surface area contributed by atoms with Crippen LogP contribution in [0.25, 0.3) is 0 Å². The van der Waals surface area contributed by atoms with Crippen LogP contribution in [0.3, 0.4) is 0 Å². The summed E-state index contributed by atoms with van der Waals surface area (Å²) in [5, 5.41) is 22.2. The van der Waals surface area contributed by atoms with Crippen LogP contribution in [0.4, 0.5) is 0 Å². The molecule has 0 aliphatic rings. The lowest BCUT2D eigenvalue weighted by atomic mass is 10.1. The summed E-state index contributed by atoms with van der Waals surface area (Å²) in [6, 6.07) is 7.90. The summed E-state index contributed by atoms with van der Waals surface area (Å²) < 4.78 is 5.54. The van der Waals surface area contributed by atoms with Gasteiger partial charge in [0.25, 0.3) is 0 Å². The molecule has 0 fully saturated rings. The van der Waals surface area contributed by atoms with Crippen LogP contribution in [0.2, 0.25) is 0 Å². The Balaban J connectivity index is 2.29. The largest absolute Gasteiger partial charge is 0.491 e. The van der Waals surface area contributed by atoms with Crippen LogP contribution in [0.1, 0.15) is 26.3 Å². The molecule has 0 spiro atoms. The average molecular weight is 281 g/mol. The highest BCUT2D eigenvalue weighted by Gasteiger charge is 2.13. The second kappa shape index (κ2) is 8.95. The molecule has 3 N–H and O–H groups in total. The van der Waals surface area contributed by atoms with Gasteiger partial charge < -0.3 is 20.3 Å². The third-order valence-corrected chi connectivity index (χ3v) is 3.39. The van der Waals surface area contributed by atoms with Gasteiger partial charge in [0.15, 0.2) is 0 Å². The monoisotopic (exact) mass is 281 g/mol. The summed E-state index contributed by atoms with van der Waals surface area (Å²) in [6.45, 7) is 6.91. The summed E-state index contributed by atoms with van der Waals surface area (Å²) in [5.41, 5.74) is 1.27. The van der Waals surface area contributed by atoms with Gasteiger partial charge in [-0.2, -0.15) is 0 Å². The molecule has 1 aromatic carbocycles. The Kier molecular flexibility index (Phi) is 7.59. The number of ether oxygens (including phenoxy) is 1. The highest BCUT2D eigenvalue weighted by atomic mass is 16.5. The van der Waals surface area contributed by atoms with E-state index in [2.05, 4.69) is 12.2 Å². The van der Waals surface area contributed by atoms with Crippen molar-refractivity contribution in [1.82, 2.24) is 5.32 Å². The second-order valence-electron chi connectivity index (χ2n) is 5.40. The maximum Gasteiger partial charge on any atom is 0.119 e. The summed E-state index contributed by atoms with van der Waals surface area (Å²) in [6.07, 6.45) is 0.415. The van der Waals surface area contributed by atoms with Gasteiger partial charge in [0.1, 0.15) is 18.5 Å². The van der Waals surface area contributed by atoms with Crippen LogP contribution in [0.15, 0.2) is 24.3 Å². The van der Waals surface area contributed by atoms with Crippen molar-refractivity contribution in [3.63, 3.8) is 0 Å². The number of hydrogen-bond donors (Lipinski definition) is 3. The van der Waals surface area contributed by atoms with Gasteiger partial charge in [0, 0.05) is 12.6 Å². The van der Waals surface area contributed by atoms with Crippen LogP contribution < -0.4 is 10.1 Å². The van der Waals surface area contributed by atoms with E-state index < -0.39 is 6.10 Å². The second-order valence-corrected chi connectivity index (χ2v) is 5.40. The molecule has 0 aromatic heterocycles. The molecule has 1 rings (SSSR count). The van der Waals surface area contributed by atoms with Crippen molar-refractivity contribution in [2.45, 2.75) is 39.3 Å². The van der Waals surface area contributed by atoms with E-state index in [1.165, 1.54) is 5.56 Å². The highest BCUT2D eigenvalue weighted by Crippen LogP contribution is 2.12. The summed E-state index contributed by atoms with van der Waals surface area (Å²) in [4.78, 5) is 0. The van der Waals surface area contributed by atoms with Gasteiger partial charge in [-0.25, -0.2) is 0 Å². The lowest BCUT2D eigenvalue weighted by molar-refractivity contribution is 0.0962. The molecule has 0 saturated heterocycles. The maximum absolute atomic E-state index is 9.87. The summed E-state index contributed by atoms with van der Waals surface area (Å²) in [7, 11) is 0. The molecular formula is C16H27NO3.